The zero-order chi connectivity index (χ0) is 21.2. The van der Waals surface area contributed by atoms with Gasteiger partial charge in [0.2, 0.25) is 10.0 Å². The number of benzene rings is 2. The summed E-state index contributed by atoms with van der Waals surface area (Å²) in [6.07, 6.45) is 0. The summed E-state index contributed by atoms with van der Waals surface area (Å²) in [7, 11) is -2.45. The third-order valence-corrected chi connectivity index (χ3v) is 4.52. The molecule has 0 amide bonds. The molecule has 0 fully saturated rings. The largest absolute Gasteiger partial charge is 0.497 e. The van der Waals surface area contributed by atoms with E-state index in [9.17, 15) is 30.8 Å². The van der Waals surface area contributed by atoms with Crippen LogP contribution in [-0.4, -0.2) is 28.6 Å². The van der Waals surface area contributed by atoms with Crippen LogP contribution in [0.25, 0.3) is 0 Å². The highest BCUT2D eigenvalue weighted by atomic mass is 32.2. The summed E-state index contributed by atoms with van der Waals surface area (Å²) in [5, 5.41) is 4.70. The monoisotopic (exact) mass is 423 g/mol. The van der Waals surface area contributed by atoms with E-state index in [2.05, 4.69) is 0 Å². The molecular formula is C16H13F4NO6S. The fourth-order valence-corrected chi connectivity index (χ4v) is 3.04. The third kappa shape index (κ3) is 4.02. The van der Waals surface area contributed by atoms with Crippen LogP contribution in [0.15, 0.2) is 23.1 Å². The van der Waals surface area contributed by atoms with Crippen molar-refractivity contribution >= 4 is 16.0 Å². The number of hydrogen-bond acceptors (Lipinski definition) is 6. The summed E-state index contributed by atoms with van der Waals surface area (Å²) in [6, 6.07) is 4.31. The smallest absolute Gasteiger partial charge is 0.343 e. The van der Waals surface area contributed by atoms with Crippen LogP contribution >= 0.6 is 0 Å². The number of nitrogens with two attached hydrogens (primary N) is 1. The molecule has 152 valence electrons. The predicted octanol–water partition coefficient (Wildman–Crippen LogP) is 2.26. The van der Waals surface area contributed by atoms with E-state index in [4.69, 9.17) is 19.3 Å². The van der Waals surface area contributed by atoms with Crippen molar-refractivity contribution < 1.29 is 45.0 Å². The Kier molecular flexibility index (Phi) is 6.14. The minimum Gasteiger partial charge on any atom is -0.497 e. The van der Waals surface area contributed by atoms with E-state index in [0.717, 1.165) is 0 Å². The molecule has 0 aliphatic carbocycles. The summed E-state index contributed by atoms with van der Waals surface area (Å²) in [5.41, 5.74) is -1.45. The van der Waals surface area contributed by atoms with Gasteiger partial charge in [-0.1, -0.05) is 0 Å². The lowest BCUT2D eigenvalue weighted by molar-refractivity contribution is 0.0456. The number of primary sulfonamides is 1. The van der Waals surface area contributed by atoms with Crippen LogP contribution < -0.4 is 14.6 Å². The first-order valence-corrected chi connectivity index (χ1v) is 8.84. The van der Waals surface area contributed by atoms with E-state index in [1.54, 1.807) is 0 Å². The number of carbonyl (C=O) groups is 1. The highest BCUT2D eigenvalue weighted by molar-refractivity contribution is 7.89. The first kappa shape index (κ1) is 21.4. The molecule has 0 spiro atoms. The van der Waals surface area contributed by atoms with Gasteiger partial charge in [-0.3, -0.25) is 0 Å². The van der Waals surface area contributed by atoms with Crippen molar-refractivity contribution in [3.05, 3.63) is 52.6 Å². The van der Waals surface area contributed by atoms with E-state index in [-0.39, 0.29) is 11.3 Å². The van der Waals surface area contributed by atoms with Gasteiger partial charge in [0, 0.05) is 11.6 Å². The molecule has 2 aromatic rings. The number of methoxy groups -OCH3 is 2. The highest BCUT2D eigenvalue weighted by Crippen LogP contribution is 2.29. The Balaban J connectivity index is 2.46. The number of sulfonamides is 1. The van der Waals surface area contributed by atoms with Gasteiger partial charge in [0.1, 0.15) is 28.6 Å². The van der Waals surface area contributed by atoms with Gasteiger partial charge in [0.15, 0.2) is 23.3 Å². The number of halogens is 4. The van der Waals surface area contributed by atoms with Gasteiger partial charge in [-0.05, 0) is 12.1 Å². The average Bonchev–Trinajstić information content (AvgIpc) is 2.65. The topological polar surface area (TPSA) is 105 Å². The molecule has 0 bridgehead atoms. The van der Waals surface area contributed by atoms with E-state index >= 15 is 0 Å². The fraction of sp³-hybridized carbons (Fsp3) is 0.188. The maximum Gasteiger partial charge on any atom is 0.343 e. The minimum absolute atomic E-state index is 0.191. The molecule has 0 atom stereocenters. The molecule has 7 nitrogen and oxygen atoms in total. The molecular weight excluding hydrogens is 410 g/mol. The molecule has 0 saturated carbocycles. The first-order chi connectivity index (χ1) is 13.0. The normalized spacial score (nSPS) is 11.2. The van der Waals surface area contributed by atoms with Gasteiger partial charge in [-0.25, -0.2) is 35.9 Å². The number of rotatable bonds is 6. The maximum atomic E-state index is 14.0. The summed E-state index contributed by atoms with van der Waals surface area (Å²) < 4.78 is 92.4. The average molecular weight is 423 g/mol. The Labute approximate surface area is 156 Å². The Morgan fingerprint density at radius 1 is 1.00 bits per heavy atom. The number of esters is 1. The Morgan fingerprint density at radius 2 is 1.61 bits per heavy atom. The van der Waals surface area contributed by atoms with Crippen LogP contribution in [0, 0.1) is 23.3 Å². The second kappa shape index (κ2) is 8.02. The lowest BCUT2D eigenvalue weighted by Gasteiger charge is -2.13. The van der Waals surface area contributed by atoms with Gasteiger partial charge in [-0.15, -0.1) is 0 Å². The summed E-state index contributed by atoms with van der Waals surface area (Å²) in [6.45, 7) is -0.601. The van der Waals surface area contributed by atoms with E-state index in [0.29, 0.717) is 5.75 Å². The molecule has 0 aromatic heterocycles. The number of carbonyl (C=O) groups excluding carboxylic acids is 1. The Hall–Kier alpha value is -2.86. The highest BCUT2D eigenvalue weighted by Gasteiger charge is 2.35. The zero-order valence-electron chi connectivity index (χ0n) is 14.4. The molecule has 2 rings (SSSR count). The van der Waals surface area contributed by atoms with E-state index < -0.39 is 56.3 Å². The minimum atomic E-state index is -5.14. The standard InChI is InChI=1S/C16H13F4NO6S/c1-25-8-4-3-7(9(5-8)26-2)6-27-16(22)10-11(17)12(18)13(19)14(20)15(10)28(21,23)24/h3-5H,6H2,1-2H3,(H2,21,23,24). The number of ether oxygens (including phenoxy) is 3. The molecule has 0 radical (unpaired) electrons. The molecule has 0 saturated heterocycles. The van der Waals surface area contributed by atoms with Crippen LogP contribution in [0.3, 0.4) is 0 Å². The number of hydrogen-bond donors (Lipinski definition) is 1. The van der Waals surface area contributed by atoms with Crippen LogP contribution in [0.5, 0.6) is 11.5 Å². The van der Waals surface area contributed by atoms with Gasteiger partial charge in [-0.2, -0.15) is 0 Å². The van der Waals surface area contributed by atoms with Gasteiger partial charge >= 0.3 is 5.97 Å². The lowest BCUT2D eigenvalue weighted by atomic mass is 10.1. The van der Waals surface area contributed by atoms with Crippen LogP contribution in [0.2, 0.25) is 0 Å². The van der Waals surface area contributed by atoms with Crippen molar-refractivity contribution in [3.8, 4) is 11.5 Å². The fourth-order valence-electron chi connectivity index (χ4n) is 2.25. The van der Waals surface area contributed by atoms with E-state index in [1.807, 2.05) is 0 Å². The Bertz CT molecular complexity index is 1040. The zero-order valence-corrected chi connectivity index (χ0v) is 15.2. The lowest BCUT2D eigenvalue weighted by Crippen LogP contribution is -2.23. The molecule has 2 N–H and O–H groups in total. The van der Waals surface area contributed by atoms with Crippen molar-refractivity contribution in [2.24, 2.45) is 5.14 Å². The van der Waals surface area contributed by atoms with Crippen LogP contribution in [-0.2, 0) is 21.4 Å². The predicted molar refractivity (Wildman–Crippen MR) is 86.3 cm³/mol. The van der Waals surface area contributed by atoms with Crippen LogP contribution in [0.4, 0.5) is 17.6 Å². The van der Waals surface area contributed by atoms with Crippen molar-refractivity contribution in [2.45, 2.75) is 11.5 Å². The van der Waals surface area contributed by atoms with Crippen LogP contribution in [0.1, 0.15) is 15.9 Å². The maximum absolute atomic E-state index is 14.0. The quantitative estimate of drug-likeness (QED) is 0.331. The summed E-state index contributed by atoms with van der Waals surface area (Å²) >= 11 is 0. The molecule has 0 aliphatic heterocycles. The molecule has 12 heteroatoms. The summed E-state index contributed by atoms with van der Waals surface area (Å²) in [4.78, 5) is 10.3. The Morgan fingerprint density at radius 3 is 2.14 bits per heavy atom. The van der Waals surface area contributed by atoms with Gasteiger partial charge in [0.25, 0.3) is 0 Å². The van der Waals surface area contributed by atoms with Gasteiger partial charge < -0.3 is 14.2 Å². The second-order valence-corrected chi connectivity index (χ2v) is 6.76. The first-order valence-electron chi connectivity index (χ1n) is 7.29. The van der Waals surface area contributed by atoms with Crippen molar-refractivity contribution in [2.75, 3.05) is 14.2 Å². The second-order valence-electron chi connectivity index (χ2n) is 5.26. The molecule has 0 unspecified atom stereocenters. The molecule has 0 heterocycles. The van der Waals surface area contributed by atoms with Crippen molar-refractivity contribution in [1.29, 1.82) is 0 Å². The molecule has 2 aromatic carbocycles. The SMILES string of the molecule is COc1ccc(COC(=O)c2c(F)c(F)c(F)c(F)c2S(N)(=O)=O)c(OC)c1. The van der Waals surface area contributed by atoms with Crippen molar-refractivity contribution in [1.82, 2.24) is 0 Å². The third-order valence-electron chi connectivity index (χ3n) is 3.57. The summed E-state index contributed by atoms with van der Waals surface area (Å²) in [5.74, 6) is -10.6. The van der Waals surface area contributed by atoms with Gasteiger partial charge in [0.05, 0.1) is 14.2 Å². The van der Waals surface area contributed by atoms with Crippen molar-refractivity contribution in [3.63, 3.8) is 0 Å². The molecule has 28 heavy (non-hydrogen) atoms. The molecule has 0 aliphatic rings. The van der Waals surface area contributed by atoms with E-state index in [1.165, 1.54) is 32.4 Å².